The predicted octanol–water partition coefficient (Wildman–Crippen LogP) is 1.61. The monoisotopic (exact) mass is 361 g/mol. The smallest absolute Gasteiger partial charge is 0.243 e. The number of imidazole rings is 1. The fourth-order valence-electron chi connectivity index (χ4n) is 1.99. The lowest BCUT2D eigenvalue weighted by Crippen LogP contribution is -2.46. The summed E-state index contributed by atoms with van der Waals surface area (Å²) in [7, 11) is 1.91. The minimum atomic E-state index is -0.626. The Morgan fingerprint density at radius 1 is 1.32 bits per heavy atom. The van der Waals surface area contributed by atoms with Crippen LogP contribution in [0.1, 0.15) is 13.8 Å². The second kappa shape index (κ2) is 8.68. The third-order valence-electron chi connectivity index (χ3n) is 3.58. The molecule has 0 aliphatic carbocycles. The number of hydrogen-bond donors (Lipinski definition) is 3. The van der Waals surface area contributed by atoms with Crippen LogP contribution in [0.2, 0.25) is 0 Å². The molecule has 0 aliphatic rings. The molecule has 7 nitrogen and oxygen atoms in total. The molecule has 0 unspecified atom stereocenters. The predicted molar refractivity (Wildman–Crippen MR) is 98.2 cm³/mol. The van der Waals surface area contributed by atoms with Crippen LogP contribution in [-0.4, -0.2) is 34.0 Å². The lowest BCUT2D eigenvalue weighted by Gasteiger charge is -2.15. The van der Waals surface area contributed by atoms with Gasteiger partial charge in [-0.3, -0.25) is 9.59 Å². The minimum absolute atomic E-state index is 0.0120. The average molecular weight is 361 g/mol. The Hall–Kier alpha value is -2.32. The molecule has 1 aromatic heterocycles. The van der Waals surface area contributed by atoms with Gasteiger partial charge in [0.25, 0.3) is 0 Å². The maximum absolute atomic E-state index is 12.1. The van der Waals surface area contributed by atoms with Crippen LogP contribution in [0.15, 0.2) is 46.7 Å². The summed E-state index contributed by atoms with van der Waals surface area (Å²) in [6.07, 6.45) is 3.58. The summed E-state index contributed by atoms with van der Waals surface area (Å²) in [5.74, 6) is -0.629. The Balaban J connectivity index is 1.97. The molecule has 0 bridgehead atoms. The summed E-state index contributed by atoms with van der Waals surface area (Å²) in [5, 5.41) is 6.19. The number of hydrogen-bond acceptors (Lipinski definition) is 5. The zero-order valence-electron chi connectivity index (χ0n) is 14.5. The molecule has 0 spiro atoms. The normalized spacial score (nSPS) is 12.0. The molecule has 0 saturated heterocycles. The number of aryl methyl sites for hydroxylation is 1. The largest absolute Gasteiger partial charge is 0.346 e. The molecule has 134 valence electrons. The molecule has 1 atom stereocenters. The van der Waals surface area contributed by atoms with Crippen LogP contribution in [0, 0.1) is 5.92 Å². The molecule has 1 heterocycles. The van der Waals surface area contributed by atoms with E-state index in [1.54, 1.807) is 6.20 Å². The van der Waals surface area contributed by atoms with E-state index in [1.807, 2.05) is 55.9 Å². The van der Waals surface area contributed by atoms with E-state index in [0.29, 0.717) is 5.69 Å². The third kappa shape index (κ3) is 5.33. The van der Waals surface area contributed by atoms with Crippen molar-refractivity contribution < 1.29 is 9.59 Å². The zero-order chi connectivity index (χ0) is 18.4. The Morgan fingerprint density at radius 2 is 2.04 bits per heavy atom. The van der Waals surface area contributed by atoms with E-state index < -0.39 is 6.04 Å². The first kappa shape index (κ1) is 19.0. The molecule has 1 aromatic carbocycles. The Kier molecular flexibility index (Phi) is 6.60. The van der Waals surface area contributed by atoms with E-state index in [0.717, 1.165) is 10.1 Å². The summed E-state index contributed by atoms with van der Waals surface area (Å²) < 4.78 is 1.90. The summed E-state index contributed by atoms with van der Waals surface area (Å²) >= 11 is 1.45. The van der Waals surface area contributed by atoms with Crippen LogP contribution in [0.3, 0.4) is 0 Å². The number of nitrogens with one attached hydrogen (secondary N) is 2. The number of anilines is 1. The van der Waals surface area contributed by atoms with Crippen LogP contribution in [0.25, 0.3) is 0 Å². The van der Waals surface area contributed by atoms with Crippen LogP contribution < -0.4 is 16.4 Å². The van der Waals surface area contributed by atoms with Gasteiger partial charge in [-0.2, -0.15) is 0 Å². The summed E-state index contributed by atoms with van der Waals surface area (Å²) in [6, 6.07) is 6.82. The van der Waals surface area contributed by atoms with E-state index in [4.69, 9.17) is 5.73 Å². The quantitative estimate of drug-likeness (QED) is 0.695. The highest BCUT2D eigenvalue weighted by Crippen LogP contribution is 2.31. The number of nitrogens with zero attached hydrogens (tertiary/aromatic N) is 2. The summed E-state index contributed by atoms with van der Waals surface area (Å²) in [6.45, 7) is 3.59. The van der Waals surface area contributed by atoms with Gasteiger partial charge in [0.05, 0.1) is 18.3 Å². The Morgan fingerprint density at radius 3 is 2.68 bits per heavy atom. The molecular formula is C17H23N5O2S. The van der Waals surface area contributed by atoms with Crippen LogP contribution in [0.4, 0.5) is 5.69 Å². The van der Waals surface area contributed by atoms with Crippen molar-refractivity contribution >= 4 is 29.3 Å². The minimum Gasteiger partial charge on any atom is -0.346 e. The van der Waals surface area contributed by atoms with Crippen LogP contribution >= 0.6 is 11.8 Å². The van der Waals surface area contributed by atoms with E-state index >= 15 is 0 Å². The van der Waals surface area contributed by atoms with Gasteiger partial charge in [-0.25, -0.2) is 4.98 Å². The standard InChI is InChI=1S/C17H23N5O2S/c1-11(2)15(18)16(24)20-10-14(23)21-12-6-4-5-7-13(12)25-17-19-8-9-22(17)3/h4-9,11,15H,10,18H2,1-3H3,(H,20,24)(H,21,23)/t15-/m0/s1. The SMILES string of the molecule is CC(C)[C@H](N)C(=O)NCC(=O)Nc1ccccc1Sc1nccn1C. The summed E-state index contributed by atoms with van der Waals surface area (Å²) in [5.41, 5.74) is 6.43. The van der Waals surface area contributed by atoms with Gasteiger partial charge >= 0.3 is 0 Å². The number of nitrogens with two attached hydrogens (primary N) is 1. The maximum atomic E-state index is 12.1. The number of amides is 2. The molecule has 2 aromatic rings. The van der Waals surface area contributed by atoms with Crippen LogP contribution in [0.5, 0.6) is 0 Å². The molecule has 0 fully saturated rings. The second-order valence-electron chi connectivity index (χ2n) is 5.95. The van der Waals surface area contributed by atoms with Crippen molar-refractivity contribution in [3.8, 4) is 0 Å². The molecular weight excluding hydrogens is 338 g/mol. The lowest BCUT2D eigenvalue weighted by atomic mass is 10.1. The first-order chi connectivity index (χ1) is 11.9. The first-order valence-corrected chi connectivity index (χ1v) is 8.77. The molecule has 2 amide bonds. The van der Waals surface area contributed by atoms with Gasteiger partial charge in [0, 0.05) is 24.3 Å². The highest BCUT2D eigenvalue weighted by atomic mass is 32.2. The summed E-state index contributed by atoms with van der Waals surface area (Å²) in [4.78, 5) is 29.1. The van der Waals surface area contributed by atoms with Crippen LogP contribution in [-0.2, 0) is 16.6 Å². The van der Waals surface area contributed by atoms with E-state index in [2.05, 4.69) is 15.6 Å². The van der Waals surface area contributed by atoms with Gasteiger partial charge in [-0.15, -0.1) is 0 Å². The molecule has 0 aliphatic heterocycles. The second-order valence-corrected chi connectivity index (χ2v) is 6.96. The number of rotatable bonds is 7. The third-order valence-corrected chi connectivity index (χ3v) is 4.74. The Bertz CT molecular complexity index is 744. The fourth-order valence-corrected chi connectivity index (χ4v) is 2.88. The van der Waals surface area contributed by atoms with E-state index in [1.165, 1.54) is 11.8 Å². The topological polar surface area (TPSA) is 102 Å². The maximum Gasteiger partial charge on any atom is 0.243 e. The van der Waals surface area contributed by atoms with Gasteiger partial charge in [0.15, 0.2) is 5.16 Å². The molecule has 4 N–H and O–H groups in total. The van der Waals surface area contributed by atoms with Crippen molar-refractivity contribution in [1.82, 2.24) is 14.9 Å². The van der Waals surface area contributed by atoms with Crippen molar-refractivity contribution in [2.45, 2.75) is 29.9 Å². The number of aromatic nitrogens is 2. The fraction of sp³-hybridized carbons (Fsp3) is 0.353. The molecule has 0 saturated carbocycles. The molecule has 0 radical (unpaired) electrons. The van der Waals surface area contributed by atoms with Crippen molar-refractivity contribution in [2.75, 3.05) is 11.9 Å². The molecule has 25 heavy (non-hydrogen) atoms. The number of carbonyl (C=O) groups excluding carboxylic acids is 2. The molecule has 2 rings (SSSR count). The van der Waals surface area contributed by atoms with Gasteiger partial charge < -0.3 is 20.9 Å². The van der Waals surface area contributed by atoms with Crippen molar-refractivity contribution in [3.05, 3.63) is 36.7 Å². The average Bonchev–Trinajstić information content (AvgIpc) is 2.98. The highest BCUT2D eigenvalue weighted by molar-refractivity contribution is 7.99. The Labute approximate surface area is 151 Å². The van der Waals surface area contributed by atoms with E-state index in [9.17, 15) is 9.59 Å². The van der Waals surface area contributed by atoms with Crippen molar-refractivity contribution in [3.63, 3.8) is 0 Å². The van der Waals surface area contributed by atoms with E-state index in [-0.39, 0.29) is 24.3 Å². The molecule has 8 heteroatoms. The first-order valence-electron chi connectivity index (χ1n) is 7.96. The number of benzene rings is 1. The lowest BCUT2D eigenvalue weighted by molar-refractivity contribution is -0.125. The van der Waals surface area contributed by atoms with Gasteiger partial charge in [-0.1, -0.05) is 26.0 Å². The van der Waals surface area contributed by atoms with Crippen molar-refractivity contribution in [1.29, 1.82) is 0 Å². The highest BCUT2D eigenvalue weighted by Gasteiger charge is 2.18. The van der Waals surface area contributed by atoms with Gasteiger partial charge in [-0.05, 0) is 29.8 Å². The van der Waals surface area contributed by atoms with Crippen molar-refractivity contribution in [2.24, 2.45) is 18.7 Å². The number of para-hydroxylation sites is 1. The zero-order valence-corrected chi connectivity index (χ0v) is 15.3. The van der Waals surface area contributed by atoms with Gasteiger partial charge in [0.2, 0.25) is 11.8 Å². The van der Waals surface area contributed by atoms with Gasteiger partial charge in [0.1, 0.15) is 0 Å². The number of carbonyl (C=O) groups is 2.